The van der Waals surface area contributed by atoms with Gasteiger partial charge in [0.05, 0.1) is 23.8 Å². The van der Waals surface area contributed by atoms with Crippen LogP contribution in [0.1, 0.15) is 29.2 Å². The van der Waals surface area contributed by atoms with Gasteiger partial charge in [0.25, 0.3) is 11.6 Å². The Labute approximate surface area is 168 Å². The summed E-state index contributed by atoms with van der Waals surface area (Å²) in [5.74, 6) is -0.223. The number of non-ortho nitro benzene ring substituents is 1. The van der Waals surface area contributed by atoms with Crippen molar-refractivity contribution in [1.29, 1.82) is 0 Å². The van der Waals surface area contributed by atoms with Gasteiger partial charge in [-0.3, -0.25) is 14.9 Å². The van der Waals surface area contributed by atoms with E-state index in [4.69, 9.17) is 9.47 Å². The highest BCUT2D eigenvalue weighted by Crippen LogP contribution is 2.33. The van der Waals surface area contributed by atoms with Crippen LogP contribution in [0.2, 0.25) is 0 Å². The molecule has 0 aliphatic rings. The van der Waals surface area contributed by atoms with E-state index in [1.807, 2.05) is 32.9 Å². The van der Waals surface area contributed by atoms with Gasteiger partial charge in [-0.05, 0) is 44.4 Å². The molecule has 0 unspecified atom stereocenters. The van der Waals surface area contributed by atoms with Crippen molar-refractivity contribution in [3.8, 4) is 17.2 Å². The Bertz CT molecular complexity index is 956. The van der Waals surface area contributed by atoms with Gasteiger partial charge in [-0.15, -0.1) is 0 Å². The fourth-order valence-corrected chi connectivity index (χ4v) is 2.58. The van der Waals surface area contributed by atoms with E-state index in [0.717, 1.165) is 35.0 Å². The Hall–Kier alpha value is -3.62. The minimum Gasteiger partial charge on any atom is -0.504 e. The number of nitro benzene ring substituents is 1. The van der Waals surface area contributed by atoms with Crippen LogP contribution in [0.25, 0.3) is 0 Å². The van der Waals surface area contributed by atoms with Gasteiger partial charge in [0.1, 0.15) is 5.75 Å². The largest absolute Gasteiger partial charge is 0.504 e. The first-order chi connectivity index (χ1) is 13.7. The zero-order chi connectivity index (χ0) is 21.6. The standard InChI is InChI=1S/C20H23N3O6/c1-5-28-17-9-16(23(26)27)8-15(19(17)25)10-21-22-18(24)11-29-20-13(3)7-6-12(2)14(20)4/h6-10,25H,5,11H2,1-4H3,(H,22,24)/b21-10+. The van der Waals surface area contributed by atoms with Crippen molar-refractivity contribution in [3.63, 3.8) is 0 Å². The maximum absolute atomic E-state index is 12.0. The number of nitrogens with one attached hydrogen (secondary N) is 1. The number of rotatable bonds is 8. The van der Waals surface area contributed by atoms with E-state index in [1.165, 1.54) is 0 Å². The molecule has 0 atom stereocenters. The number of hydrazone groups is 1. The molecule has 0 aliphatic heterocycles. The maximum atomic E-state index is 12.0. The predicted octanol–water partition coefficient (Wildman–Crippen LogP) is 3.15. The molecule has 0 saturated carbocycles. The first kappa shape index (κ1) is 21.7. The quantitative estimate of drug-likeness (QED) is 0.398. The molecular formula is C20H23N3O6. The van der Waals surface area contributed by atoms with Crippen LogP contribution in [0, 0.1) is 30.9 Å². The Morgan fingerprint density at radius 3 is 2.59 bits per heavy atom. The second-order valence-corrected chi connectivity index (χ2v) is 6.31. The number of hydrogen-bond acceptors (Lipinski definition) is 7. The monoisotopic (exact) mass is 401 g/mol. The van der Waals surface area contributed by atoms with Gasteiger partial charge in [0.15, 0.2) is 18.1 Å². The molecule has 0 spiro atoms. The molecule has 2 aromatic carbocycles. The molecule has 2 aromatic rings. The lowest BCUT2D eigenvalue weighted by Crippen LogP contribution is -2.25. The zero-order valence-electron chi connectivity index (χ0n) is 16.7. The van der Waals surface area contributed by atoms with E-state index in [9.17, 15) is 20.0 Å². The summed E-state index contributed by atoms with van der Waals surface area (Å²) in [6.07, 6.45) is 1.10. The number of amides is 1. The molecule has 0 bridgehead atoms. The summed E-state index contributed by atoms with van der Waals surface area (Å²) in [5.41, 5.74) is 4.94. The number of nitrogens with zero attached hydrogens (tertiary/aromatic N) is 2. The van der Waals surface area contributed by atoms with Crippen molar-refractivity contribution in [3.05, 3.63) is 56.6 Å². The lowest BCUT2D eigenvalue weighted by atomic mass is 10.1. The van der Waals surface area contributed by atoms with Crippen molar-refractivity contribution in [2.24, 2.45) is 5.10 Å². The highest BCUT2D eigenvalue weighted by Gasteiger charge is 2.16. The second-order valence-electron chi connectivity index (χ2n) is 6.31. The molecule has 0 heterocycles. The lowest BCUT2D eigenvalue weighted by molar-refractivity contribution is -0.385. The Morgan fingerprint density at radius 2 is 1.93 bits per heavy atom. The Balaban J connectivity index is 2.07. The molecule has 1 amide bonds. The van der Waals surface area contributed by atoms with Gasteiger partial charge in [-0.2, -0.15) is 5.10 Å². The van der Waals surface area contributed by atoms with Crippen LogP contribution in [-0.4, -0.2) is 35.4 Å². The van der Waals surface area contributed by atoms with Crippen molar-refractivity contribution in [2.45, 2.75) is 27.7 Å². The number of hydrogen-bond donors (Lipinski definition) is 2. The maximum Gasteiger partial charge on any atom is 0.277 e. The predicted molar refractivity (Wildman–Crippen MR) is 108 cm³/mol. The van der Waals surface area contributed by atoms with Crippen LogP contribution in [0.4, 0.5) is 5.69 Å². The lowest BCUT2D eigenvalue weighted by Gasteiger charge is -2.13. The number of nitro groups is 1. The van der Waals surface area contributed by atoms with Crippen molar-refractivity contribution in [2.75, 3.05) is 13.2 Å². The number of carbonyl (C=O) groups is 1. The number of phenols is 1. The highest BCUT2D eigenvalue weighted by atomic mass is 16.6. The molecule has 0 aromatic heterocycles. The van der Waals surface area contributed by atoms with Crippen LogP contribution < -0.4 is 14.9 Å². The average Bonchev–Trinajstić information content (AvgIpc) is 2.67. The summed E-state index contributed by atoms with van der Waals surface area (Å²) in [4.78, 5) is 22.4. The van der Waals surface area contributed by atoms with E-state index in [0.29, 0.717) is 5.75 Å². The second kappa shape index (κ2) is 9.54. The summed E-state index contributed by atoms with van der Waals surface area (Å²) in [5, 5.41) is 24.9. The fraction of sp³-hybridized carbons (Fsp3) is 0.300. The van der Waals surface area contributed by atoms with Gasteiger partial charge in [0, 0.05) is 11.6 Å². The van der Waals surface area contributed by atoms with Gasteiger partial charge < -0.3 is 14.6 Å². The number of phenolic OH excluding ortho intramolecular Hbond substituents is 1. The van der Waals surface area contributed by atoms with Gasteiger partial charge in [-0.25, -0.2) is 5.43 Å². The summed E-state index contributed by atoms with van der Waals surface area (Å²) >= 11 is 0. The van der Waals surface area contributed by atoms with Crippen LogP contribution in [0.5, 0.6) is 17.2 Å². The fourth-order valence-electron chi connectivity index (χ4n) is 2.58. The van der Waals surface area contributed by atoms with E-state index in [-0.39, 0.29) is 36.0 Å². The molecule has 154 valence electrons. The molecule has 0 saturated heterocycles. The summed E-state index contributed by atoms with van der Waals surface area (Å²) in [6, 6.07) is 6.14. The van der Waals surface area contributed by atoms with Gasteiger partial charge >= 0.3 is 0 Å². The van der Waals surface area contributed by atoms with Crippen LogP contribution >= 0.6 is 0 Å². The number of aromatic hydroxyl groups is 1. The van der Waals surface area contributed by atoms with Crippen molar-refractivity contribution >= 4 is 17.8 Å². The minimum absolute atomic E-state index is 0.0363. The molecule has 2 N–H and O–H groups in total. The van der Waals surface area contributed by atoms with Crippen LogP contribution in [0.15, 0.2) is 29.4 Å². The van der Waals surface area contributed by atoms with E-state index >= 15 is 0 Å². The third-order valence-corrected chi connectivity index (χ3v) is 4.21. The Kier molecular flexibility index (Phi) is 7.13. The molecule has 0 aliphatic carbocycles. The smallest absolute Gasteiger partial charge is 0.277 e. The molecule has 0 radical (unpaired) electrons. The van der Waals surface area contributed by atoms with E-state index in [2.05, 4.69) is 10.5 Å². The normalized spacial score (nSPS) is 10.8. The third kappa shape index (κ3) is 5.44. The van der Waals surface area contributed by atoms with Crippen molar-refractivity contribution < 1.29 is 24.3 Å². The highest BCUT2D eigenvalue weighted by molar-refractivity contribution is 5.87. The molecule has 9 nitrogen and oxygen atoms in total. The molecule has 29 heavy (non-hydrogen) atoms. The molecule has 2 rings (SSSR count). The summed E-state index contributed by atoms with van der Waals surface area (Å²) in [6.45, 7) is 7.40. The molecule has 0 fully saturated rings. The van der Waals surface area contributed by atoms with Crippen LogP contribution in [0.3, 0.4) is 0 Å². The average molecular weight is 401 g/mol. The minimum atomic E-state index is -0.613. The Morgan fingerprint density at radius 1 is 1.24 bits per heavy atom. The number of aryl methyl sites for hydroxylation is 2. The number of ether oxygens (including phenoxy) is 2. The molecular weight excluding hydrogens is 378 g/mol. The topological polar surface area (TPSA) is 123 Å². The zero-order valence-corrected chi connectivity index (χ0v) is 16.7. The SMILES string of the molecule is CCOc1cc([N+](=O)[O-])cc(/C=N/NC(=O)COc2c(C)ccc(C)c2C)c1O. The van der Waals surface area contributed by atoms with Gasteiger partial charge in [-0.1, -0.05) is 12.1 Å². The summed E-state index contributed by atoms with van der Waals surface area (Å²) < 4.78 is 10.8. The first-order valence-electron chi connectivity index (χ1n) is 8.90. The van der Waals surface area contributed by atoms with Gasteiger partial charge in [0.2, 0.25) is 0 Å². The van der Waals surface area contributed by atoms with Crippen molar-refractivity contribution in [1.82, 2.24) is 5.43 Å². The van der Waals surface area contributed by atoms with Crippen LogP contribution in [-0.2, 0) is 4.79 Å². The molecule has 9 heteroatoms. The first-order valence-corrected chi connectivity index (χ1v) is 8.90. The summed E-state index contributed by atoms with van der Waals surface area (Å²) in [7, 11) is 0. The van der Waals surface area contributed by atoms with E-state index in [1.54, 1.807) is 6.92 Å². The third-order valence-electron chi connectivity index (χ3n) is 4.21. The number of carbonyl (C=O) groups excluding carboxylic acids is 1. The van der Waals surface area contributed by atoms with E-state index < -0.39 is 10.8 Å². The number of benzene rings is 2.